The molecule has 1 aliphatic carbocycles. The number of benzene rings is 2. The summed E-state index contributed by atoms with van der Waals surface area (Å²) < 4.78 is 16.4. The van der Waals surface area contributed by atoms with Crippen LogP contribution in [0.5, 0.6) is 17.2 Å². The lowest BCUT2D eigenvalue weighted by Gasteiger charge is -2.27. The molecule has 2 aromatic carbocycles. The molecule has 1 unspecified atom stereocenters. The summed E-state index contributed by atoms with van der Waals surface area (Å²) in [7, 11) is 4.93. The van der Waals surface area contributed by atoms with Gasteiger partial charge in [-0.1, -0.05) is 30.3 Å². The first-order valence-corrected chi connectivity index (χ1v) is 9.48. The van der Waals surface area contributed by atoms with Gasteiger partial charge in [0.15, 0.2) is 11.5 Å². The second kappa shape index (κ2) is 11.1. The standard InChI is InChI=1S/C20H25NO3.C2H2O4/c1-22-18-12-11-15(19(23-2)20(18)24-3)13-21-17-10-6-8-14-7-4-5-9-16(14)17;3-1(4)2(5)6/h4-5,7,9,11-12,17,21H,6,8,10,13H2,1-3H3;(H,3,4)(H,5,6). The smallest absolute Gasteiger partial charge is 0.414 e. The molecule has 0 bridgehead atoms. The van der Waals surface area contributed by atoms with Gasteiger partial charge in [-0.05, 0) is 36.5 Å². The molecule has 3 N–H and O–H groups in total. The van der Waals surface area contributed by atoms with Gasteiger partial charge < -0.3 is 29.7 Å². The molecule has 0 saturated heterocycles. The number of aliphatic carboxylic acids is 2. The van der Waals surface area contributed by atoms with Gasteiger partial charge in [0.25, 0.3) is 0 Å². The largest absolute Gasteiger partial charge is 0.493 e. The fourth-order valence-corrected chi connectivity index (χ4v) is 3.50. The Morgan fingerprint density at radius 1 is 0.967 bits per heavy atom. The molecule has 30 heavy (non-hydrogen) atoms. The molecular formula is C22H27NO7. The molecule has 0 aliphatic heterocycles. The summed E-state index contributed by atoms with van der Waals surface area (Å²) in [6.45, 7) is 0.725. The summed E-state index contributed by atoms with van der Waals surface area (Å²) in [5.41, 5.74) is 3.95. The molecule has 1 atom stereocenters. The second-order valence-electron chi connectivity index (χ2n) is 6.63. The Morgan fingerprint density at radius 2 is 1.63 bits per heavy atom. The highest BCUT2D eigenvalue weighted by molar-refractivity contribution is 6.27. The van der Waals surface area contributed by atoms with Crippen molar-refractivity contribution in [1.82, 2.24) is 5.32 Å². The van der Waals surface area contributed by atoms with E-state index in [9.17, 15) is 0 Å². The Morgan fingerprint density at radius 3 is 2.23 bits per heavy atom. The number of carboxylic acid groups (broad SMARTS) is 2. The highest BCUT2D eigenvalue weighted by Crippen LogP contribution is 2.40. The maximum atomic E-state index is 9.10. The number of hydrogen-bond acceptors (Lipinski definition) is 6. The first kappa shape index (κ1) is 23.0. The normalized spacial score (nSPS) is 14.6. The van der Waals surface area contributed by atoms with Crippen molar-refractivity contribution >= 4 is 11.9 Å². The lowest BCUT2D eigenvalue weighted by molar-refractivity contribution is -0.159. The number of fused-ring (bicyclic) bond motifs is 1. The molecule has 8 nitrogen and oxygen atoms in total. The van der Waals surface area contributed by atoms with Crippen LogP contribution in [-0.4, -0.2) is 43.5 Å². The van der Waals surface area contributed by atoms with E-state index in [1.807, 2.05) is 12.1 Å². The molecule has 0 amide bonds. The number of ether oxygens (including phenoxy) is 3. The SMILES string of the molecule is COc1ccc(CNC2CCCc3ccccc32)c(OC)c1OC.O=C(O)C(=O)O. The van der Waals surface area contributed by atoms with Crippen LogP contribution >= 0.6 is 0 Å². The van der Waals surface area contributed by atoms with Crippen LogP contribution in [-0.2, 0) is 22.6 Å². The average molecular weight is 417 g/mol. The van der Waals surface area contributed by atoms with Crippen LogP contribution in [0, 0.1) is 0 Å². The van der Waals surface area contributed by atoms with Crippen molar-refractivity contribution in [2.24, 2.45) is 0 Å². The zero-order valence-corrected chi connectivity index (χ0v) is 17.3. The molecule has 0 fully saturated rings. The van der Waals surface area contributed by atoms with Gasteiger partial charge in [0.05, 0.1) is 21.3 Å². The number of carboxylic acids is 2. The van der Waals surface area contributed by atoms with Crippen molar-refractivity contribution in [2.75, 3.05) is 21.3 Å². The minimum absolute atomic E-state index is 0.382. The summed E-state index contributed by atoms with van der Waals surface area (Å²) in [6.07, 6.45) is 3.55. The van der Waals surface area contributed by atoms with Crippen LogP contribution in [0.3, 0.4) is 0 Å². The maximum absolute atomic E-state index is 9.10. The van der Waals surface area contributed by atoms with Gasteiger partial charge in [-0.3, -0.25) is 0 Å². The highest BCUT2D eigenvalue weighted by Gasteiger charge is 2.21. The van der Waals surface area contributed by atoms with Crippen molar-refractivity contribution < 1.29 is 34.0 Å². The van der Waals surface area contributed by atoms with Gasteiger partial charge in [-0.15, -0.1) is 0 Å². The molecule has 8 heteroatoms. The van der Waals surface area contributed by atoms with Crippen LogP contribution in [0.4, 0.5) is 0 Å². The number of aryl methyl sites for hydroxylation is 1. The predicted molar refractivity (Wildman–Crippen MR) is 110 cm³/mol. The molecule has 0 aromatic heterocycles. The number of methoxy groups -OCH3 is 3. The Labute approximate surface area is 175 Å². The zero-order valence-electron chi connectivity index (χ0n) is 17.3. The first-order valence-electron chi connectivity index (χ1n) is 9.48. The average Bonchev–Trinajstić information content (AvgIpc) is 2.77. The van der Waals surface area contributed by atoms with Crippen LogP contribution in [0.25, 0.3) is 0 Å². The van der Waals surface area contributed by atoms with E-state index in [1.54, 1.807) is 21.3 Å². The monoisotopic (exact) mass is 417 g/mol. The summed E-state index contributed by atoms with van der Waals surface area (Å²) in [5.74, 6) is -1.59. The third-order valence-electron chi connectivity index (χ3n) is 4.88. The number of carbonyl (C=O) groups is 2. The van der Waals surface area contributed by atoms with Gasteiger partial charge in [0.1, 0.15) is 0 Å². The Kier molecular flexibility index (Phi) is 8.49. The Bertz CT molecular complexity index is 870. The van der Waals surface area contributed by atoms with Gasteiger partial charge in [0, 0.05) is 18.2 Å². The number of nitrogens with one attached hydrogen (secondary N) is 1. The van der Waals surface area contributed by atoms with E-state index < -0.39 is 11.9 Å². The molecule has 0 saturated carbocycles. The third-order valence-corrected chi connectivity index (χ3v) is 4.88. The third kappa shape index (κ3) is 5.64. The molecule has 2 aromatic rings. The lowest BCUT2D eigenvalue weighted by Crippen LogP contribution is -2.25. The molecule has 3 rings (SSSR count). The van der Waals surface area contributed by atoms with E-state index in [-0.39, 0.29) is 0 Å². The minimum Gasteiger partial charge on any atom is -0.493 e. The van der Waals surface area contributed by atoms with Crippen LogP contribution in [0.15, 0.2) is 36.4 Å². The molecule has 0 spiro atoms. The topological polar surface area (TPSA) is 114 Å². The van der Waals surface area contributed by atoms with Gasteiger partial charge in [-0.25, -0.2) is 9.59 Å². The summed E-state index contributed by atoms with van der Waals surface area (Å²) in [6, 6.07) is 13.1. The van der Waals surface area contributed by atoms with Crippen molar-refractivity contribution in [3.8, 4) is 17.2 Å². The van der Waals surface area contributed by atoms with Crippen LogP contribution in [0.2, 0.25) is 0 Å². The molecule has 1 aliphatic rings. The summed E-state index contributed by atoms with van der Waals surface area (Å²) >= 11 is 0. The van der Waals surface area contributed by atoms with Crippen LogP contribution < -0.4 is 19.5 Å². The van der Waals surface area contributed by atoms with E-state index >= 15 is 0 Å². The van der Waals surface area contributed by atoms with Crippen LogP contribution in [0.1, 0.15) is 35.6 Å². The van der Waals surface area contributed by atoms with Gasteiger partial charge >= 0.3 is 11.9 Å². The van der Waals surface area contributed by atoms with Crippen molar-refractivity contribution in [3.63, 3.8) is 0 Å². The summed E-state index contributed by atoms with van der Waals surface area (Å²) in [5, 5.41) is 18.5. The number of rotatable bonds is 6. The molecule has 0 heterocycles. The fraction of sp³-hybridized carbons (Fsp3) is 0.364. The first-order chi connectivity index (χ1) is 14.4. The van der Waals surface area contributed by atoms with E-state index in [1.165, 1.54) is 24.0 Å². The quantitative estimate of drug-likeness (QED) is 0.615. The lowest BCUT2D eigenvalue weighted by atomic mass is 9.87. The Balaban J connectivity index is 0.000000469. The molecule has 162 valence electrons. The highest BCUT2D eigenvalue weighted by atomic mass is 16.5. The number of hydrogen-bond donors (Lipinski definition) is 3. The van der Waals surface area contributed by atoms with E-state index in [4.69, 9.17) is 34.0 Å². The van der Waals surface area contributed by atoms with E-state index in [0.29, 0.717) is 17.5 Å². The van der Waals surface area contributed by atoms with E-state index in [2.05, 4.69) is 29.6 Å². The van der Waals surface area contributed by atoms with Gasteiger partial charge in [-0.2, -0.15) is 0 Å². The van der Waals surface area contributed by atoms with Crippen molar-refractivity contribution in [1.29, 1.82) is 0 Å². The predicted octanol–water partition coefficient (Wildman–Crippen LogP) is 3.04. The zero-order chi connectivity index (χ0) is 22.1. The fourth-order valence-electron chi connectivity index (χ4n) is 3.50. The molecular weight excluding hydrogens is 390 g/mol. The maximum Gasteiger partial charge on any atom is 0.414 e. The minimum atomic E-state index is -1.82. The Hall–Kier alpha value is -3.26. The molecule has 0 radical (unpaired) electrons. The van der Waals surface area contributed by atoms with E-state index in [0.717, 1.165) is 24.3 Å². The summed E-state index contributed by atoms with van der Waals surface area (Å²) in [4.78, 5) is 18.2. The van der Waals surface area contributed by atoms with Gasteiger partial charge in [0.2, 0.25) is 5.75 Å². The van der Waals surface area contributed by atoms with Crippen molar-refractivity contribution in [3.05, 3.63) is 53.1 Å². The second-order valence-corrected chi connectivity index (χ2v) is 6.63. The van der Waals surface area contributed by atoms with Crippen molar-refractivity contribution in [2.45, 2.75) is 31.8 Å².